The third kappa shape index (κ3) is 5.43. The van der Waals surface area contributed by atoms with Crippen LogP contribution in [0.25, 0.3) is 0 Å². The topological polar surface area (TPSA) is 19.0 Å². The van der Waals surface area contributed by atoms with E-state index in [0.29, 0.717) is 17.6 Å². The van der Waals surface area contributed by atoms with Gasteiger partial charge >= 0.3 is 0 Å². The Kier molecular flexibility index (Phi) is 7.75. The van der Waals surface area contributed by atoms with Crippen LogP contribution < -0.4 is 9.80 Å². The number of piperazine rings is 1. The number of hydrogen-bond donors (Lipinski definition) is 0. The molecule has 0 unspecified atom stereocenters. The van der Waals surface area contributed by atoms with Crippen LogP contribution in [0, 0.1) is 5.41 Å². The number of benzene rings is 1. The van der Waals surface area contributed by atoms with E-state index in [-0.39, 0.29) is 0 Å². The molecule has 190 valence electrons. The SMILES string of the molecule is CCCCN1CCN(c2ccc(N3C[C@@H](C)O[C@@H](C)C3)cc2C2CCC3(CCCC3)CC2)CC1. The number of ether oxygens (including phenoxy) is 1. The summed E-state index contributed by atoms with van der Waals surface area (Å²) in [5.41, 5.74) is 5.32. The van der Waals surface area contributed by atoms with Crippen molar-refractivity contribution in [3.05, 3.63) is 23.8 Å². The van der Waals surface area contributed by atoms with Gasteiger partial charge in [-0.3, -0.25) is 4.90 Å². The van der Waals surface area contributed by atoms with Gasteiger partial charge in [-0.2, -0.15) is 0 Å². The molecule has 1 aromatic rings. The minimum atomic E-state index is 0.306. The third-order valence-electron chi connectivity index (χ3n) is 9.49. The molecule has 4 nitrogen and oxygen atoms in total. The average molecular weight is 468 g/mol. The Morgan fingerprint density at radius 3 is 2.21 bits per heavy atom. The maximum atomic E-state index is 6.04. The average Bonchev–Trinajstić information content (AvgIpc) is 3.30. The van der Waals surface area contributed by atoms with E-state index in [0.717, 1.165) is 19.0 Å². The van der Waals surface area contributed by atoms with Crippen LogP contribution in [0.15, 0.2) is 18.2 Å². The zero-order valence-electron chi connectivity index (χ0n) is 22.2. The van der Waals surface area contributed by atoms with Crippen LogP contribution in [0.3, 0.4) is 0 Å². The van der Waals surface area contributed by atoms with Crippen molar-refractivity contribution in [1.29, 1.82) is 0 Å². The number of unbranched alkanes of at least 4 members (excludes halogenated alkanes) is 1. The Bertz CT molecular complexity index is 776. The van der Waals surface area contributed by atoms with Crippen LogP contribution in [0.4, 0.5) is 11.4 Å². The van der Waals surface area contributed by atoms with Crippen LogP contribution in [0.2, 0.25) is 0 Å². The second kappa shape index (κ2) is 10.8. The molecule has 2 aliphatic heterocycles. The molecule has 0 radical (unpaired) electrons. The zero-order chi connectivity index (χ0) is 23.5. The molecule has 34 heavy (non-hydrogen) atoms. The fourth-order valence-corrected chi connectivity index (χ4v) is 7.50. The van der Waals surface area contributed by atoms with E-state index in [1.807, 2.05) is 0 Å². The summed E-state index contributed by atoms with van der Waals surface area (Å²) in [6, 6.07) is 7.49. The molecule has 4 heteroatoms. The molecule has 2 aliphatic carbocycles. The minimum Gasteiger partial charge on any atom is -0.372 e. The van der Waals surface area contributed by atoms with Crippen molar-refractivity contribution in [2.24, 2.45) is 5.41 Å². The quantitative estimate of drug-likeness (QED) is 0.479. The molecule has 5 rings (SSSR count). The third-order valence-corrected chi connectivity index (χ3v) is 9.49. The lowest BCUT2D eigenvalue weighted by Gasteiger charge is -2.42. The number of morpholine rings is 1. The van der Waals surface area contributed by atoms with Crippen molar-refractivity contribution in [2.45, 2.75) is 103 Å². The van der Waals surface area contributed by atoms with Gasteiger partial charge in [-0.05, 0) is 100 Å². The smallest absolute Gasteiger partial charge is 0.0726 e. The summed E-state index contributed by atoms with van der Waals surface area (Å²) in [5.74, 6) is 0.732. The van der Waals surface area contributed by atoms with Gasteiger partial charge in [-0.15, -0.1) is 0 Å². The van der Waals surface area contributed by atoms with Gasteiger partial charge in [-0.1, -0.05) is 26.2 Å². The highest BCUT2D eigenvalue weighted by atomic mass is 16.5. The van der Waals surface area contributed by atoms with Gasteiger partial charge < -0.3 is 14.5 Å². The van der Waals surface area contributed by atoms with Crippen molar-refractivity contribution < 1.29 is 4.74 Å². The first-order valence-electron chi connectivity index (χ1n) is 14.6. The molecule has 4 aliphatic rings. The van der Waals surface area contributed by atoms with E-state index < -0.39 is 0 Å². The van der Waals surface area contributed by atoms with Gasteiger partial charge in [0.2, 0.25) is 0 Å². The lowest BCUT2D eigenvalue weighted by molar-refractivity contribution is -0.00522. The van der Waals surface area contributed by atoms with Crippen molar-refractivity contribution in [2.75, 3.05) is 55.6 Å². The summed E-state index contributed by atoms with van der Waals surface area (Å²) in [6.45, 7) is 14.8. The summed E-state index contributed by atoms with van der Waals surface area (Å²) >= 11 is 0. The summed E-state index contributed by atoms with van der Waals surface area (Å²) < 4.78 is 6.04. The monoisotopic (exact) mass is 467 g/mol. The second-order valence-corrected chi connectivity index (χ2v) is 12.1. The summed E-state index contributed by atoms with van der Waals surface area (Å²) in [5, 5.41) is 0. The largest absolute Gasteiger partial charge is 0.372 e. The molecule has 2 heterocycles. The number of hydrogen-bond acceptors (Lipinski definition) is 4. The van der Waals surface area contributed by atoms with E-state index in [1.54, 1.807) is 11.3 Å². The van der Waals surface area contributed by atoms with E-state index in [1.165, 1.54) is 103 Å². The number of nitrogens with zero attached hydrogens (tertiary/aromatic N) is 3. The van der Waals surface area contributed by atoms with Crippen LogP contribution in [0.1, 0.15) is 96.5 Å². The maximum Gasteiger partial charge on any atom is 0.0726 e. The van der Waals surface area contributed by atoms with Gasteiger partial charge in [0.1, 0.15) is 0 Å². The van der Waals surface area contributed by atoms with Crippen molar-refractivity contribution in [3.63, 3.8) is 0 Å². The lowest BCUT2D eigenvalue weighted by Crippen LogP contribution is -2.47. The fourth-order valence-electron chi connectivity index (χ4n) is 7.50. The Morgan fingerprint density at radius 2 is 1.56 bits per heavy atom. The molecule has 1 aromatic carbocycles. The standard InChI is InChI=1S/C30H49N3O/c1-4-5-16-31-17-19-32(20-18-31)29-9-8-27(33-22-24(2)34-25(3)23-33)21-28(29)26-10-14-30(15-11-26)12-6-7-13-30/h8-9,21,24-26H,4-7,10-20,22-23H2,1-3H3/t24-,25+. The first kappa shape index (κ1) is 24.4. The molecule has 2 atom stereocenters. The molecule has 2 saturated carbocycles. The molecule has 0 aromatic heterocycles. The first-order chi connectivity index (χ1) is 16.5. The molecular formula is C30H49N3O. The zero-order valence-corrected chi connectivity index (χ0v) is 22.2. The van der Waals surface area contributed by atoms with E-state index in [4.69, 9.17) is 4.74 Å². The molecule has 4 fully saturated rings. The summed E-state index contributed by atoms with van der Waals surface area (Å²) in [7, 11) is 0. The molecule has 0 N–H and O–H groups in total. The van der Waals surface area contributed by atoms with Gasteiger partial charge in [0, 0.05) is 50.6 Å². The Labute approximate surface area is 209 Å². The van der Waals surface area contributed by atoms with E-state index in [2.05, 4.69) is 53.7 Å². The highest BCUT2D eigenvalue weighted by Crippen LogP contribution is 2.53. The Morgan fingerprint density at radius 1 is 0.882 bits per heavy atom. The van der Waals surface area contributed by atoms with Crippen LogP contribution in [0.5, 0.6) is 0 Å². The van der Waals surface area contributed by atoms with Crippen LogP contribution >= 0.6 is 0 Å². The predicted molar refractivity (Wildman–Crippen MR) is 144 cm³/mol. The maximum absolute atomic E-state index is 6.04. The summed E-state index contributed by atoms with van der Waals surface area (Å²) in [6.07, 6.45) is 14.9. The number of anilines is 2. The van der Waals surface area contributed by atoms with Gasteiger partial charge in [0.15, 0.2) is 0 Å². The minimum absolute atomic E-state index is 0.306. The molecular weight excluding hydrogens is 418 g/mol. The lowest BCUT2D eigenvalue weighted by atomic mass is 9.68. The van der Waals surface area contributed by atoms with Crippen molar-refractivity contribution in [3.8, 4) is 0 Å². The van der Waals surface area contributed by atoms with E-state index in [9.17, 15) is 0 Å². The molecule has 0 bridgehead atoms. The molecule has 1 spiro atoms. The Balaban J connectivity index is 1.36. The van der Waals surface area contributed by atoms with Gasteiger partial charge in [-0.25, -0.2) is 0 Å². The van der Waals surface area contributed by atoms with Gasteiger partial charge in [0.05, 0.1) is 12.2 Å². The first-order valence-corrected chi connectivity index (χ1v) is 14.6. The summed E-state index contributed by atoms with van der Waals surface area (Å²) in [4.78, 5) is 7.97. The van der Waals surface area contributed by atoms with Crippen LogP contribution in [-0.4, -0.2) is 62.9 Å². The van der Waals surface area contributed by atoms with Crippen LogP contribution in [-0.2, 0) is 4.74 Å². The Hall–Kier alpha value is -1.26. The highest BCUT2D eigenvalue weighted by molar-refractivity contribution is 5.64. The predicted octanol–water partition coefficient (Wildman–Crippen LogP) is 6.44. The fraction of sp³-hybridized carbons (Fsp3) is 0.800. The van der Waals surface area contributed by atoms with Crippen molar-refractivity contribution in [1.82, 2.24) is 4.90 Å². The van der Waals surface area contributed by atoms with E-state index >= 15 is 0 Å². The molecule has 2 saturated heterocycles. The van der Waals surface area contributed by atoms with Gasteiger partial charge in [0.25, 0.3) is 0 Å². The van der Waals surface area contributed by atoms with Crippen molar-refractivity contribution >= 4 is 11.4 Å². The normalized spacial score (nSPS) is 28.7. The second-order valence-electron chi connectivity index (χ2n) is 12.1. The number of rotatable bonds is 6. The molecule has 0 amide bonds. The highest BCUT2D eigenvalue weighted by Gasteiger charge is 2.38.